The molecule has 0 radical (unpaired) electrons. The fourth-order valence-electron chi connectivity index (χ4n) is 0.976. The molecule has 0 amide bonds. The molecule has 92 valence electrons. The Labute approximate surface area is 95.9 Å². The van der Waals surface area contributed by atoms with Crippen molar-refractivity contribution in [3.05, 3.63) is 12.2 Å². The van der Waals surface area contributed by atoms with E-state index in [1.165, 1.54) is 0 Å². The highest BCUT2D eigenvalue weighted by molar-refractivity contribution is 5.86. The summed E-state index contributed by atoms with van der Waals surface area (Å²) in [4.78, 5) is 21.8. The van der Waals surface area contributed by atoms with Crippen LogP contribution in [0.1, 0.15) is 13.8 Å². The number of aliphatic carboxylic acids is 1. The molecule has 0 fully saturated rings. The molecule has 0 spiro atoms. The van der Waals surface area contributed by atoms with Crippen molar-refractivity contribution < 1.29 is 23.9 Å². The van der Waals surface area contributed by atoms with Crippen LogP contribution in [0.15, 0.2) is 12.2 Å². The van der Waals surface area contributed by atoms with Crippen LogP contribution in [0.4, 0.5) is 0 Å². The van der Waals surface area contributed by atoms with E-state index in [1.54, 1.807) is 27.9 Å². The van der Waals surface area contributed by atoms with E-state index in [1.807, 2.05) is 0 Å². The van der Waals surface area contributed by atoms with Gasteiger partial charge in [-0.1, -0.05) is 6.58 Å². The van der Waals surface area contributed by atoms with Crippen molar-refractivity contribution in [1.82, 2.24) is 0 Å². The van der Waals surface area contributed by atoms with Crippen LogP contribution in [-0.2, 0) is 14.3 Å². The highest BCUT2D eigenvalue weighted by Crippen LogP contribution is 2.05. The Hall–Kier alpha value is -1.36. The minimum Gasteiger partial charge on any atom is -0.544 e. The quantitative estimate of drug-likeness (QED) is 0.344. The van der Waals surface area contributed by atoms with Crippen LogP contribution in [-0.4, -0.2) is 49.7 Å². The van der Waals surface area contributed by atoms with Gasteiger partial charge in [0.1, 0.15) is 19.2 Å². The van der Waals surface area contributed by atoms with E-state index in [0.29, 0.717) is 12.1 Å². The van der Waals surface area contributed by atoms with Gasteiger partial charge in [0.15, 0.2) is 0 Å². The average molecular weight is 229 g/mol. The average Bonchev–Trinajstić information content (AvgIpc) is 2.15. The van der Waals surface area contributed by atoms with E-state index < -0.39 is 18.0 Å². The largest absolute Gasteiger partial charge is 0.544 e. The second-order valence-corrected chi connectivity index (χ2v) is 4.41. The maximum atomic E-state index is 11.1. The van der Waals surface area contributed by atoms with Gasteiger partial charge in [-0.3, -0.25) is 0 Å². The number of esters is 1. The highest BCUT2D eigenvalue weighted by Gasteiger charge is 2.25. The van der Waals surface area contributed by atoms with E-state index in [4.69, 9.17) is 4.74 Å². The predicted molar refractivity (Wildman–Crippen MR) is 57.2 cm³/mol. The van der Waals surface area contributed by atoms with E-state index in [0.717, 1.165) is 0 Å². The summed E-state index contributed by atoms with van der Waals surface area (Å²) in [6.07, 6.45) is 0. The van der Waals surface area contributed by atoms with Crippen molar-refractivity contribution in [3.63, 3.8) is 0 Å². The van der Waals surface area contributed by atoms with Gasteiger partial charge in [0.05, 0.1) is 20.1 Å². The number of ether oxygens (including phenoxy) is 1. The molecule has 5 heteroatoms. The van der Waals surface area contributed by atoms with Crippen molar-refractivity contribution in [2.45, 2.75) is 19.9 Å². The number of quaternary nitrogens is 1. The number of hydrogen-bond acceptors (Lipinski definition) is 4. The molecule has 0 bridgehead atoms. The number of carbonyl (C=O) groups excluding carboxylic acids is 2. The van der Waals surface area contributed by atoms with Crippen LogP contribution in [0.5, 0.6) is 0 Å². The van der Waals surface area contributed by atoms with Crippen LogP contribution < -0.4 is 5.11 Å². The first-order chi connectivity index (χ1) is 7.18. The van der Waals surface area contributed by atoms with Gasteiger partial charge in [-0.25, -0.2) is 4.79 Å². The zero-order valence-electron chi connectivity index (χ0n) is 10.3. The van der Waals surface area contributed by atoms with Crippen LogP contribution in [0, 0.1) is 0 Å². The Balaban J connectivity index is 4.15. The van der Waals surface area contributed by atoms with Crippen LogP contribution in [0.25, 0.3) is 0 Å². The second-order valence-electron chi connectivity index (χ2n) is 4.41. The summed E-state index contributed by atoms with van der Waals surface area (Å²) >= 11 is 0. The summed E-state index contributed by atoms with van der Waals surface area (Å²) in [5.41, 5.74) is 0.332. The minimum atomic E-state index is -1.11. The van der Waals surface area contributed by atoms with Gasteiger partial charge >= 0.3 is 5.97 Å². The van der Waals surface area contributed by atoms with Crippen molar-refractivity contribution in [2.24, 2.45) is 0 Å². The molecule has 0 saturated heterocycles. The van der Waals surface area contributed by atoms with Gasteiger partial charge in [-0.15, -0.1) is 0 Å². The number of carboxylic acids is 1. The molecule has 0 aliphatic carbocycles. The zero-order valence-corrected chi connectivity index (χ0v) is 10.3. The maximum absolute atomic E-state index is 11.1. The number of rotatable bonds is 6. The van der Waals surface area contributed by atoms with Crippen LogP contribution in [0.2, 0.25) is 0 Å². The lowest BCUT2D eigenvalue weighted by atomic mass is 10.2. The van der Waals surface area contributed by atoms with Gasteiger partial charge in [0.25, 0.3) is 0 Å². The first kappa shape index (κ1) is 14.6. The summed E-state index contributed by atoms with van der Waals surface area (Å²) in [5.74, 6) is -1.57. The molecule has 16 heavy (non-hydrogen) atoms. The molecule has 0 N–H and O–H groups in total. The zero-order chi connectivity index (χ0) is 12.9. The van der Waals surface area contributed by atoms with Gasteiger partial charge < -0.3 is 19.1 Å². The molecule has 0 aliphatic rings. The van der Waals surface area contributed by atoms with E-state index in [-0.39, 0.29) is 11.1 Å². The first-order valence-electron chi connectivity index (χ1n) is 5.04. The number of carbonyl (C=O) groups is 2. The summed E-state index contributed by atoms with van der Waals surface area (Å²) in [7, 11) is 3.49. The van der Waals surface area contributed by atoms with Gasteiger partial charge in [-0.05, 0) is 13.8 Å². The summed E-state index contributed by atoms with van der Waals surface area (Å²) < 4.78 is 5.10. The molecule has 0 aliphatic heterocycles. The fourth-order valence-corrected chi connectivity index (χ4v) is 0.976. The number of hydrogen-bond donors (Lipinski definition) is 0. The number of carboxylic acid groups (broad SMARTS) is 1. The molecule has 0 heterocycles. The molecule has 0 aromatic heterocycles. The third-order valence-corrected chi connectivity index (χ3v) is 2.64. The minimum absolute atomic E-state index is 0.163. The van der Waals surface area contributed by atoms with Crippen molar-refractivity contribution in [1.29, 1.82) is 0 Å². The summed E-state index contributed by atoms with van der Waals surface area (Å²) in [6.45, 7) is 7.15. The van der Waals surface area contributed by atoms with E-state index in [2.05, 4.69) is 6.58 Å². The third-order valence-electron chi connectivity index (χ3n) is 2.64. The lowest BCUT2D eigenvalue weighted by Gasteiger charge is -2.36. The maximum Gasteiger partial charge on any atom is 0.333 e. The highest BCUT2D eigenvalue weighted by atomic mass is 16.5. The molecule has 5 nitrogen and oxygen atoms in total. The Kier molecular flexibility index (Phi) is 5.17. The Morgan fingerprint density at radius 3 is 2.31 bits per heavy atom. The smallest absolute Gasteiger partial charge is 0.333 e. The van der Waals surface area contributed by atoms with Gasteiger partial charge in [-0.2, -0.15) is 0 Å². The fraction of sp³-hybridized carbons (Fsp3) is 0.636. The topological polar surface area (TPSA) is 66.4 Å². The van der Waals surface area contributed by atoms with E-state index >= 15 is 0 Å². The lowest BCUT2D eigenvalue weighted by molar-refractivity contribution is -0.906. The van der Waals surface area contributed by atoms with Crippen LogP contribution in [0.3, 0.4) is 0 Å². The standard InChI is InChI=1S/C11H19NO4/c1-8(2)11(15)16-7-6-12(4,5)9(3)10(13)14/h9H,1,6-7H2,2-5H3. The van der Waals surface area contributed by atoms with Gasteiger partial charge in [0.2, 0.25) is 0 Å². The Morgan fingerprint density at radius 2 is 1.94 bits per heavy atom. The normalized spacial score (nSPS) is 13.0. The summed E-state index contributed by atoms with van der Waals surface area (Å²) in [6, 6.07) is -0.650. The van der Waals surface area contributed by atoms with Crippen molar-refractivity contribution >= 4 is 11.9 Å². The molecule has 0 saturated carbocycles. The van der Waals surface area contributed by atoms with Crippen LogP contribution >= 0.6 is 0 Å². The predicted octanol–water partition coefficient (Wildman–Crippen LogP) is -0.679. The lowest BCUT2D eigenvalue weighted by Crippen LogP contribution is -2.56. The molecule has 1 atom stereocenters. The van der Waals surface area contributed by atoms with Crippen molar-refractivity contribution in [3.8, 4) is 0 Å². The molecule has 1 unspecified atom stereocenters. The number of likely N-dealkylation sites (N-methyl/N-ethyl adjacent to an activating group) is 1. The molecule has 0 aromatic rings. The third kappa shape index (κ3) is 4.44. The summed E-state index contributed by atoms with van der Waals surface area (Å²) in [5, 5.41) is 10.7. The van der Waals surface area contributed by atoms with Gasteiger partial charge in [0, 0.05) is 5.57 Å². The second kappa shape index (κ2) is 5.65. The van der Waals surface area contributed by atoms with Crippen molar-refractivity contribution in [2.75, 3.05) is 27.2 Å². The number of nitrogens with zero attached hydrogens (tertiary/aromatic N) is 1. The molecule has 0 rings (SSSR count). The Bertz CT molecular complexity index is 296. The van der Waals surface area contributed by atoms with E-state index in [9.17, 15) is 14.7 Å². The molecular formula is C11H19NO4. The Morgan fingerprint density at radius 1 is 1.44 bits per heavy atom. The monoisotopic (exact) mass is 229 g/mol. The first-order valence-corrected chi connectivity index (χ1v) is 5.04. The molecular weight excluding hydrogens is 210 g/mol. The SMILES string of the molecule is C=C(C)C(=O)OCC[N+](C)(C)C(C)C(=O)[O-]. The molecule has 0 aromatic carbocycles.